The van der Waals surface area contributed by atoms with Crippen LogP contribution in [0, 0.1) is 0 Å². The van der Waals surface area contributed by atoms with E-state index in [1.807, 2.05) is 0 Å². The molecule has 0 unspecified atom stereocenters. The van der Waals surface area contributed by atoms with Crippen molar-refractivity contribution < 1.29 is 218 Å². The van der Waals surface area contributed by atoms with E-state index in [1.165, 1.54) is 0 Å². The van der Waals surface area contributed by atoms with Crippen molar-refractivity contribution in [3.05, 3.63) is 111 Å². The highest BCUT2D eigenvalue weighted by molar-refractivity contribution is 6.10. The van der Waals surface area contributed by atoms with Crippen LogP contribution in [0.2, 0.25) is 0 Å². The number of ether oxygens (including phenoxy) is 11. The molecule has 2 saturated heterocycles. The van der Waals surface area contributed by atoms with E-state index >= 15 is 9.59 Å². The molecule has 0 amide bonds. The summed E-state index contributed by atoms with van der Waals surface area (Å²) in [6.07, 6.45) is -26.2. The first kappa shape index (κ1) is 76.2. The number of aromatic hydroxyl groups is 23. The summed E-state index contributed by atoms with van der Waals surface area (Å²) in [6, 6.07) is 4.39. The van der Waals surface area contributed by atoms with Crippen LogP contribution in [0.3, 0.4) is 0 Å². The third kappa shape index (κ3) is 13.2. The molecule has 0 radical (unpaired) electrons. The molecule has 12 rings (SSSR count). The van der Waals surface area contributed by atoms with E-state index in [4.69, 9.17) is 52.1 Å². The zero-order valence-corrected chi connectivity index (χ0v) is 55.0. The summed E-state index contributed by atoms with van der Waals surface area (Å²) in [4.78, 5) is 115. The highest BCUT2D eigenvalue weighted by Crippen LogP contribution is 2.58. The van der Waals surface area contributed by atoms with Crippen LogP contribution in [-0.4, -0.2) is 250 Å². The minimum Gasteiger partial charge on any atom is -0.504 e. The Hall–Kier alpha value is -15.4. The first-order chi connectivity index (χ1) is 52.7. The topological polar surface area (TPSA) is 744 Å². The van der Waals surface area contributed by atoms with Crippen molar-refractivity contribution in [1.82, 2.24) is 0 Å². The molecule has 44 nitrogen and oxygen atoms in total. The Kier molecular flexibility index (Phi) is 19.3. The normalized spacial score (nSPS) is 20.6. The molecular formula is C68H50O44. The van der Waals surface area contributed by atoms with Crippen LogP contribution in [0.4, 0.5) is 0 Å². The molecule has 0 saturated carbocycles. The molecule has 0 spiro atoms. The Morgan fingerprint density at radius 3 is 1.17 bits per heavy atom. The van der Waals surface area contributed by atoms with Gasteiger partial charge in [-0.1, -0.05) is 0 Å². The number of cyclic esters (lactones) is 1. The summed E-state index contributed by atoms with van der Waals surface area (Å²) in [5, 5.41) is 271. The summed E-state index contributed by atoms with van der Waals surface area (Å²) >= 11 is 0. The van der Waals surface area contributed by atoms with Gasteiger partial charge in [0.25, 0.3) is 0 Å². The van der Waals surface area contributed by atoms with Crippen molar-refractivity contribution in [3.8, 4) is 166 Å². The summed E-state index contributed by atoms with van der Waals surface area (Å²) in [7, 11) is 0. The Labute approximate surface area is 616 Å². The molecule has 586 valence electrons. The van der Waals surface area contributed by atoms with Crippen LogP contribution < -0.4 is 4.74 Å². The fourth-order valence-electron chi connectivity index (χ4n) is 11.8. The molecule has 25 N–H and O–H groups in total. The minimum atomic E-state index is -2.88. The van der Waals surface area contributed by atoms with E-state index < -0.39 is 333 Å². The van der Waals surface area contributed by atoms with Gasteiger partial charge in [0.05, 0.1) is 38.9 Å². The Balaban J connectivity index is 0.970. The van der Waals surface area contributed by atoms with Gasteiger partial charge in [-0.3, -0.25) is 0 Å². The number of benzene rings is 8. The molecule has 44 heteroatoms. The van der Waals surface area contributed by atoms with E-state index in [2.05, 4.69) is 0 Å². The van der Waals surface area contributed by atoms with Gasteiger partial charge in [0.2, 0.25) is 53.2 Å². The SMILES string of the molecule is O=C(OC[C@H]1O[C@H](OC(=O)c2cc(O)c(O)c(O)c2)[C@H](O)[C@@H](O)[C@@H]1OC(=O)c1cc(O)c(O)c(O)c1Oc1cc2c(c(O)c1O)-c1c(cc(O)c(O)c1O)C(=O)O[C@@H]1[C@H]3OC(=O)c4cc(O)c(O)c(O)c4-c4c(cc(O)c(O)c4O)C(=O)OC[C@H]3O[C@H](OC(=O)c3cc(O)c(O)c(O)c3)[C@@H]1OC2=O)c1cc(O)c(O)c(O)c1. The second-order valence-electron chi connectivity index (χ2n) is 24.3. The minimum absolute atomic E-state index is 0.186. The van der Waals surface area contributed by atoms with Crippen LogP contribution in [0.5, 0.6) is 144 Å². The van der Waals surface area contributed by atoms with Crippen LogP contribution in [0.25, 0.3) is 22.3 Å². The molecule has 0 bridgehead atoms. The number of rotatable bonds is 11. The molecular weight excluding hydrogens is 1520 g/mol. The van der Waals surface area contributed by atoms with Crippen molar-refractivity contribution >= 4 is 47.8 Å². The first-order valence-corrected chi connectivity index (χ1v) is 31.1. The number of carbonyl (C=O) groups is 8. The second-order valence-corrected chi connectivity index (χ2v) is 24.3. The molecule has 112 heavy (non-hydrogen) atoms. The lowest BCUT2D eigenvalue weighted by molar-refractivity contribution is -0.284. The van der Waals surface area contributed by atoms with Crippen molar-refractivity contribution in [3.63, 3.8) is 0 Å². The Bertz CT molecular complexity index is 5320. The number of esters is 8. The molecule has 10 atom stereocenters. The number of phenols is 23. The van der Waals surface area contributed by atoms with Crippen LogP contribution in [0.1, 0.15) is 82.9 Å². The van der Waals surface area contributed by atoms with E-state index in [9.17, 15) is 156 Å². The third-order valence-corrected chi connectivity index (χ3v) is 17.3. The number of aliphatic hydroxyl groups is 2. The average Bonchev–Trinajstić information content (AvgIpc) is 0.924. The van der Waals surface area contributed by atoms with Gasteiger partial charge in [-0.15, -0.1) is 0 Å². The standard InChI is InChI=1S/C68H50O44/c69-22-1-14(2-23(70)39(22)79)59(94)102-12-33-55(52(92)53(93)67(105-33)111-60(95)15-3-24(71)40(80)25(72)4-15)107-66(101)21-10-31(78)45(85)51(91)54(21)104-32-11-20-38(50(90)46(32)86)37-19(9-30(77)44(84)49(37)89)64(99)109-57-56-34(106-68(58(57)110-65(20)100)112-61(96)16-5-26(73)41(81)27(74)6-16)13-103-62(97)17-7-28(75)42(82)47(87)35(17)36-18(63(98)108-56)8-29(76)43(83)48(36)88/h1-11,33-34,52-53,55-58,67-93H,12-13H2/t33-,34-,52-,53-,55-,56+,57-,58-,67-,68-/m1/s1. The van der Waals surface area contributed by atoms with Gasteiger partial charge < -0.3 is 180 Å². The fourth-order valence-corrected chi connectivity index (χ4v) is 11.8. The molecule has 8 aromatic carbocycles. The quantitative estimate of drug-likeness (QED) is 0.0498. The summed E-state index contributed by atoms with van der Waals surface area (Å²) < 4.78 is 61.3. The van der Waals surface area contributed by atoms with Crippen LogP contribution in [-0.2, 0) is 47.4 Å². The van der Waals surface area contributed by atoms with Crippen LogP contribution >= 0.6 is 0 Å². The van der Waals surface area contributed by atoms with Gasteiger partial charge in [0.15, 0.2) is 128 Å². The number of hydrogen-bond donors (Lipinski definition) is 25. The van der Waals surface area contributed by atoms with Gasteiger partial charge >= 0.3 is 47.8 Å². The van der Waals surface area contributed by atoms with Gasteiger partial charge in [0.1, 0.15) is 43.2 Å². The molecule has 8 aromatic rings. The number of aliphatic hydroxyl groups excluding tert-OH is 2. The molecule has 4 heterocycles. The van der Waals surface area contributed by atoms with E-state index in [1.54, 1.807) is 0 Å². The average molecular weight is 1570 g/mol. The second kappa shape index (κ2) is 28.4. The van der Waals surface area contributed by atoms with Crippen molar-refractivity contribution in [1.29, 1.82) is 0 Å². The number of hydrogen-bond acceptors (Lipinski definition) is 44. The summed E-state index contributed by atoms with van der Waals surface area (Å²) in [6.45, 7) is -2.79. The molecule has 2 fully saturated rings. The monoisotopic (exact) mass is 1570 g/mol. The Morgan fingerprint density at radius 2 is 0.714 bits per heavy atom. The zero-order valence-electron chi connectivity index (χ0n) is 55.0. The Morgan fingerprint density at radius 1 is 0.348 bits per heavy atom. The lowest BCUT2D eigenvalue weighted by Crippen LogP contribution is -2.63. The number of phenolic OH excluding ortho intramolecular Hbond substituents is 23. The lowest BCUT2D eigenvalue weighted by Gasteiger charge is -2.44. The van der Waals surface area contributed by atoms with E-state index in [0.29, 0.717) is 48.5 Å². The van der Waals surface area contributed by atoms with Gasteiger partial charge in [0, 0.05) is 34.4 Å². The molecule has 0 aliphatic carbocycles. The fraction of sp³-hybridized carbons (Fsp3) is 0.176. The molecule has 0 aromatic heterocycles. The molecule has 4 aliphatic rings. The predicted molar refractivity (Wildman–Crippen MR) is 345 cm³/mol. The largest absolute Gasteiger partial charge is 0.504 e. The smallest absolute Gasteiger partial charge is 0.342 e. The van der Waals surface area contributed by atoms with Crippen molar-refractivity contribution in [2.24, 2.45) is 0 Å². The highest BCUT2D eigenvalue weighted by Gasteiger charge is 2.57. The highest BCUT2D eigenvalue weighted by atomic mass is 16.8. The first-order valence-electron chi connectivity index (χ1n) is 31.1. The number of carbonyl (C=O) groups excluding carboxylic acids is 8. The van der Waals surface area contributed by atoms with E-state index in [0.717, 1.165) is 0 Å². The molecule has 4 aliphatic heterocycles. The number of fused-ring (bicyclic) bond motifs is 9. The zero-order chi connectivity index (χ0) is 81.7. The summed E-state index contributed by atoms with van der Waals surface area (Å²) in [5.41, 5.74) is -14.3. The van der Waals surface area contributed by atoms with Gasteiger partial charge in [-0.2, -0.15) is 0 Å². The predicted octanol–water partition coefficient (Wildman–Crippen LogP) is 1.77. The van der Waals surface area contributed by atoms with Crippen molar-refractivity contribution in [2.75, 3.05) is 13.2 Å². The maximum absolute atomic E-state index is 15.5. The third-order valence-electron chi connectivity index (χ3n) is 17.3. The van der Waals surface area contributed by atoms with Crippen LogP contribution in [0.15, 0.2) is 66.7 Å². The lowest BCUT2D eigenvalue weighted by atomic mass is 9.91. The maximum atomic E-state index is 15.5. The summed E-state index contributed by atoms with van der Waals surface area (Å²) in [5.74, 6) is -50.6. The van der Waals surface area contributed by atoms with Crippen molar-refractivity contribution in [2.45, 2.75) is 61.4 Å². The maximum Gasteiger partial charge on any atom is 0.342 e. The van der Waals surface area contributed by atoms with Gasteiger partial charge in [-0.05, 0) is 54.6 Å². The van der Waals surface area contributed by atoms with Gasteiger partial charge in [-0.25, -0.2) is 38.4 Å². The van der Waals surface area contributed by atoms with E-state index in [-0.39, 0.29) is 18.2 Å².